The summed E-state index contributed by atoms with van der Waals surface area (Å²) in [5.74, 6) is 1.27. The Hall–Kier alpha value is -3.07. The number of carbonyl (C=O) groups excluding carboxylic acids is 1. The maximum Gasteiger partial charge on any atom is 0.432 e. The minimum atomic E-state index is -4.50. The van der Waals surface area contributed by atoms with Gasteiger partial charge in [0, 0.05) is 32.3 Å². The molecule has 0 saturated carbocycles. The van der Waals surface area contributed by atoms with Crippen molar-refractivity contribution in [3.8, 4) is 0 Å². The lowest BCUT2D eigenvalue weighted by atomic mass is 9.90. The van der Waals surface area contributed by atoms with Crippen LogP contribution in [0.2, 0.25) is 0 Å². The topological polar surface area (TPSA) is 86.4 Å². The number of hydrogen-bond acceptors (Lipinski definition) is 6. The van der Waals surface area contributed by atoms with E-state index in [2.05, 4.69) is 66.9 Å². The van der Waals surface area contributed by atoms with E-state index in [1.54, 1.807) is 0 Å². The predicted octanol–water partition coefficient (Wildman–Crippen LogP) is 7.48. The van der Waals surface area contributed by atoms with Gasteiger partial charge in [0.15, 0.2) is 0 Å². The average molecular weight is 579 g/mol. The number of carbonyl (C=O) groups is 1. The Morgan fingerprint density at radius 3 is 2.37 bits per heavy atom. The molecule has 0 saturated heterocycles. The summed E-state index contributed by atoms with van der Waals surface area (Å²) in [7, 11) is 1.00. The molecular formula is C32H49F3N4O2. The SMILES string of the molecule is C=C(CCC(=NCCC)c1ccc(C(C)CCC(C)CC=O)cc1)/C1=N/C/N=C(C(F)(F)F)\C=C/CN1.CC.CO. The van der Waals surface area contributed by atoms with E-state index in [4.69, 9.17) is 10.1 Å². The second-order valence-corrected chi connectivity index (χ2v) is 9.51. The number of alkyl halides is 3. The number of amidine groups is 1. The molecule has 6 nitrogen and oxygen atoms in total. The van der Waals surface area contributed by atoms with Crippen molar-refractivity contribution in [2.24, 2.45) is 20.9 Å². The lowest BCUT2D eigenvalue weighted by Crippen LogP contribution is -2.25. The molecule has 41 heavy (non-hydrogen) atoms. The van der Waals surface area contributed by atoms with Gasteiger partial charge in [-0.25, -0.2) is 4.99 Å². The Labute approximate surface area is 244 Å². The first-order valence-electron chi connectivity index (χ1n) is 14.4. The minimum absolute atomic E-state index is 0.206. The molecule has 0 bridgehead atoms. The largest absolute Gasteiger partial charge is 0.432 e. The highest BCUT2D eigenvalue weighted by atomic mass is 19.4. The molecule has 1 aliphatic heterocycles. The zero-order chi connectivity index (χ0) is 31.3. The molecule has 2 atom stereocenters. The van der Waals surface area contributed by atoms with Crippen molar-refractivity contribution < 1.29 is 23.1 Å². The molecule has 0 aromatic heterocycles. The molecule has 9 heteroatoms. The van der Waals surface area contributed by atoms with Crippen molar-refractivity contribution in [2.45, 2.75) is 85.2 Å². The third-order valence-electron chi connectivity index (χ3n) is 6.35. The van der Waals surface area contributed by atoms with Crippen LogP contribution in [0.1, 0.15) is 90.2 Å². The van der Waals surface area contributed by atoms with Gasteiger partial charge in [0.25, 0.3) is 0 Å². The van der Waals surface area contributed by atoms with Gasteiger partial charge in [-0.15, -0.1) is 0 Å². The first kappa shape index (κ1) is 37.9. The molecule has 0 radical (unpaired) electrons. The molecule has 1 aromatic rings. The van der Waals surface area contributed by atoms with E-state index in [0.717, 1.165) is 50.0 Å². The van der Waals surface area contributed by atoms with Gasteiger partial charge in [-0.2, -0.15) is 13.2 Å². The Kier molecular flexibility index (Phi) is 20.0. The molecule has 0 spiro atoms. The van der Waals surface area contributed by atoms with E-state index >= 15 is 0 Å². The zero-order valence-corrected chi connectivity index (χ0v) is 25.6. The molecule has 0 aliphatic carbocycles. The van der Waals surface area contributed by atoms with E-state index in [-0.39, 0.29) is 13.2 Å². The molecule has 0 fully saturated rings. The molecular weight excluding hydrogens is 529 g/mol. The van der Waals surface area contributed by atoms with Gasteiger partial charge in [-0.3, -0.25) is 9.98 Å². The fourth-order valence-corrected chi connectivity index (χ4v) is 3.97. The van der Waals surface area contributed by atoms with Crippen LogP contribution in [0.3, 0.4) is 0 Å². The highest BCUT2D eigenvalue weighted by Gasteiger charge is 2.33. The molecule has 1 aliphatic rings. The van der Waals surface area contributed by atoms with Crippen LogP contribution >= 0.6 is 0 Å². The van der Waals surface area contributed by atoms with Crippen molar-refractivity contribution in [3.05, 3.63) is 59.7 Å². The van der Waals surface area contributed by atoms with E-state index in [9.17, 15) is 18.0 Å². The Morgan fingerprint density at radius 1 is 1.12 bits per heavy atom. The van der Waals surface area contributed by atoms with Crippen LogP contribution in [-0.4, -0.2) is 61.7 Å². The maximum absolute atomic E-state index is 13.0. The summed E-state index contributed by atoms with van der Waals surface area (Å²) in [5.41, 5.74) is 3.06. The number of aliphatic hydroxyl groups is 1. The lowest BCUT2D eigenvalue weighted by Gasteiger charge is -2.16. The van der Waals surface area contributed by atoms with Crippen molar-refractivity contribution in [2.75, 3.05) is 26.9 Å². The number of nitrogens with zero attached hydrogens (tertiary/aromatic N) is 3. The summed E-state index contributed by atoms with van der Waals surface area (Å²) in [6.45, 7) is 15.1. The quantitative estimate of drug-likeness (QED) is 0.188. The molecule has 2 N–H and O–H groups in total. The molecule has 230 valence electrons. The molecule has 1 aromatic carbocycles. The number of benzene rings is 1. The summed E-state index contributed by atoms with van der Waals surface area (Å²) in [6, 6.07) is 8.50. The number of hydrogen-bond donors (Lipinski definition) is 2. The Bertz CT molecular complexity index is 1010. The summed E-state index contributed by atoms with van der Waals surface area (Å²) in [4.78, 5) is 23.3. The number of allylic oxidation sites excluding steroid dienone is 1. The molecule has 0 amide bonds. The first-order chi connectivity index (χ1) is 19.7. The van der Waals surface area contributed by atoms with E-state index < -0.39 is 11.9 Å². The van der Waals surface area contributed by atoms with Crippen LogP contribution in [0.25, 0.3) is 0 Å². The van der Waals surface area contributed by atoms with E-state index in [0.29, 0.717) is 49.1 Å². The molecule has 1 heterocycles. The monoisotopic (exact) mass is 578 g/mol. The van der Waals surface area contributed by atoms with E-state index in [1.165, 1.54) is 11.6 Å². The second kappa shape index (κ2) is 21.6. The van der Waals surface area contributed by atoms with E-state index in [1.807, 2.05) is 13.8 Å². The summed E-state index contributed by atoms with van der Waals surface area (Å²) in [6.07, 6.45) is 3.65. The van der Waals surface area contributed by atoms with Crippen LogP contribution in [-0.2, 0) is 4.79 Å². The number of aliphatic hydroxyl groups excluding tert-OH is 1. The maximum atomic E-state index is 13.0. The third-order valence-corrected chi connectivity index (χ3v) is 6.35. The van der Waals surface area contributed by atoms with Gasteiger partial charge in [-0.05, 0) is 66.7 Å². The van der Waals surface area contributed by atoms with Gasteiger partial charge in [0.2, 0.25) is 0 Å². The highest BCUT2D eigenvalue weighted by Crippen LogP contribution is 2.25. The second-order valence-electron chi connectivity index (χ2n) is 9.51. The lowest BCUT2D eigenvalue weighted by molar-refractivity contribution is -0.108. The Balaban J connectivity index is 0.00000382. The fourth-order valence-electron chi connectivity index (χ4n) is 3.97. The summed E-state index contributed by atoms with van der Waals surface area (Å²) >= 11 is 0. The fraction of sp³-hybridized carbons (Fsp3) is 0.562. The van der Waals surface area contributed by atoms with Crippen molar-refractivity contribution in [1.82, 2.24) is 5.32 Å². The minimum Gasteiger partial charge on any atom is -0.400 e. The third kappa shape index (κ3) is 14.9. The number of halogens is 3. The summed E-state index contributed by atoms with van der Waals surface area (Å²) < 4.78 is 39.0. The number of aldehydes is 1. The smallest absolute Gasteiger partial charge is 0.400 e. The normalized spacial score (nSPS) is 18.4. The van der Waals surface area contributed by atoms with Crippen molar-refractivity contribution in [3.63, 3.8) is 0 Å². The molecule has 2 unspecified atom stereocenters. The van der Waals surface area contributed by atoms with Crippen molar-refractivity contribution in [1.29, 1.82) is 0 Å². The summed E-state index contributed by atoms with van der Waals surface area (Å²) in [5, 5.41) is 10.1. The van der Waals surface area contributed by atoms with Crippen LogP contribution in [0, 0.1) is 5.92 Å². The number of rotatable bonds is 13. The van der Waals surface area contributed by atoms with Crippen LogP contribution in [0.15, 0.2) is 63.5 Å². The number of aliphatic imine (C=N–C) groups is 3. The van der Waals surface area contributed by atoms with Crippen LogP contribution in [0.4, 0.5) is 13.2 Å². The van der Waals surface area contributed by atoms with Gasteiger partial charge in [0.1, 0.15) is 24.5 Å². The number of nitrogens with one attached hydrogen (secondary N) is 1. The standard InChI is InChI=1S/C29H39F3N4O.C2H6.CH4O/c1-5-17-33-26(25-13-11-24(12-14-25)22(3)9-8-21(2)16-19-37)15-10-23(4)28-34-18-6-7-27(29(30,31)32)35-20-36-28;2*1-2/h6-7,11-14,19,21-22H,4-5,8-10,15-18,20H2,1-3H3,(H,34,36);1-2H3;2H,1H3/b7-6-,33-26?,35-27+;;. The van der Waals surface area contributed by atoms with Gasteiger partial charge in [-0.1, -0.05) is 71.5 Å². The van der Waals surface area contributed by atoms with Crippen LogP contribution in [0.5, 0.6) is 0 Å². The Morgan fingerprint density at radius 2 is 1.78 bits per heavy atom. The van der Waals surface area contributed by atoms with Crippen molar-refractivity contribution >= 4 is 23.5 Å². The zero-order valence-electron chi connectivity index (χ0n) is 25.6. The van der Waals surface area contributed by atoms with Gasteiger partial charge >= 0.3 is 6.18 Å². The highest BCUT2D eigenvalue weighted by molar-refractivity contribution is 6.03. The molecule has 2 rings (SSSR count). The average Bonchev–Trinajstić information content (AvgIpc) is 3.11. The first-order valence-corrected chi connectivity index (χ1v) is 14.4. The van der Waals surface area contributed by atoms with Gasteiger partial charge in [0.05, 0.1) is 0 Å². The van der Waals surface area contributed by atoms with Crippen LogP contribution < -0.4 is 5.32 Å². The van der Waals surface area contributed by atoms with Gasteiger partial charge < -0.3 is 15.2 Å². The predicted molar refractivity (Wildman–Crippen MR) is 166 cm³/mol.